The maximum atomic E-state index is 6.02. The van der Waals surface area contributed by atoms with Gasteiger partial charge in [-0.15, -0.1) is 0 Å². The fraction of sp³-hybridized carbons (Fsp3) is 0.294. The average Bonchev–Trinajstić information content (AvgIpc) is 2.92. The van der Waals surface area contributed by atoms with Crippen LogP contribution in [0, 0.1) is 0 Å². The summed E-state index contributed by atoms with van der Waals surface area (Å²) in [7, 11) is 0. The van der Waals surface area contributed by atoms with Gasteiger partial charge >= 0.3 is 0 Å². The summed E-state index contributed by atoms with van der Waals surface area (Å²) < 4.78 is 2.27. The van der Waals surface area contributed by atoms with Gasteiger partial charge in [-0.2, -0.15) is 0 Å². The van der Waals surface area contributed by atoms with Crippen molar-refractivity contribution >= 4 is 11.0 Å². The normalized spacial score (nSPS) is 12.7. The van der Waals surface area contributed by atoms with Crippen LogP contribution < -0.4 is 5.73 Å². The summed E-state index contributed by atoms with van der Waals surface area (Å²) >= 11 is 0. The summed E-state index contributed by atoms with van der Waals surface area (Å²) in [4.78, 5) is 9.00. The average molecular weight is 280 g/mol. The molecule has 3 rings (SSSR count). The van der Waals surface area contributed by atoms with Crippen LogP contribution >= 0.6 is 0 Å². The predicted octanol–water partition coefficient (Wildman–Crippen LogP) is 2.74. The molecule has 0 aliphatic heterocycles. The molecular formula is C17H20N4. The summed E-state index contributed by atoms with van der Waals surface area (Å²) in [6.45, 7) is 3.63. The summed E-state index contributed by atoms with van der Waals surface area (Å²) in [5.74, 6) is 1.28. The second kappa shape index (κ2) is 6.06. The Morgan fingerprint density at radius 3 is 2.76 bits per heavy atom. The molecule has 1 unspecified atom stereocenters. The van der Waals surface area contributed by atoms with Crippen LogP contribution in [0.2, 0.25) is 0 Å². The Kier molecular flexibility index (Phi) is 3.97. The van der Waals surface area contributed by atoms with Crippen molar-refractivity contribution in [2.75, 3.05) is 6.54 Å². The first-order valence-electron chi connectivity index (χ1n) is 7.37. The Morgan fingerprint density at radius 2 is 2.05 bits per heavy atom. The molecule has 108 valence electrons. The molecule has 0 radical (unpaired) electrons. The zero-order chi connectivity index (χ0) is 14.7. The first kappa shape index (κ1) is 13.8. The van der Waals surface area contributed by atoms with Crippen molar-refractivity contribution in [1.82, 2.24) is 14.5 Å². The highest BCUT2D eigenvalue weighted by molar-refractivity contribution is 5.76. The minimum Gasteiger partial charge on any atom is -0.330 e. The molecule has 4 nitrogen and oxygen atoms in total. The number of pyridine rings is 1. The van der Waals surface area contributed by atoms with E-state index in [9.17, 15) is 0 Å². The minimum atomic E-state index is 0.210. The molecule has 21 heavy (non-hydrogen) atoms. The highest BCUT2D eigenvalue weighted by Gasteiger charge is 2.18. The van der Waals surface area contributed by atoms with Gasteiger partial charge in [-0.3, -0.25) is 4.98 Å². The van der Waals surface area contributed by atoms with E-state index in [2.05, 4.69) is 40.7 Å². The molecule has 0 saturated carbocycles. The molecule has 1 aromatic carbocycles. The van der Waals surface area contributed by atoms with Crippen LogP contribution in [-0.2, 0) is 13.0 Å². The van der Waals surface area contributed by atoms with Crippen LogP contribution in [0.1, 0.15) is 24.2 Å². The monoisotopic (exact) mass is 280 g/mol. The Bertz CT molecular complexity index is 718. The third kappa shape index (κ3) is 2.67. The summed E-state index contributed by atoms with van der Waals surface area (Å²) in [5.41, 5.74) is 9.44. The van der Waals surface area contributed by atoms with E-state index in [4.69, 9.17) is 10.7 Å². The third-order valence-electron chi connectivity index (χ3n) is 3.85. The van der Waals surface area contributed by atoms with Gasteiger partial charge in [0.2, 0.25) is 0 Å². The van der Waals surface area contributed by atoms with E-state index in [1.165, 1.54) is 11.1 Å². The number of hydrogen-bond donors (Lipinski definition) is 1. The molecule has 2 aromatic heterocycles. The summed E-state index contributed by atoms with van der Waals surface area (Å²) in [6.07, 6.45) is 4.57. The van der Waals surface area contributed by atoms with Gasteiger partial charge in [0.05, 0.1) is 11.0 Å². The van der Waals surface area contributed by atoms with Gasteiger partial charge in [-0.05, 0) is 37.1 Å². The Morgan fingerprint density at radius 1 is 1.19 bits per heavy atom. The quantitative estimate of drug-likeness (QED) is 0.782. The Hall–Kier alpha value is -2.20. The number of imidazole rings is 1. The standard InChI is InChI=1S/C17H20N4/c1-2-21-16-8-4-3-7-15(16)20-17(21)14(11-18)10-13-6-5-9-19-12-13/h3-9,12,14H,2,10-11,18H2,1H3. The van der Waals surface area contributed by atoms with E-state index in [1.54, 1.807) is 6.20 Å². The topological polar surface area (TPSA) is 56.7 Å². The van der Waals surface area contributed by atoms with E-state index in [1.807, 2.05) is 18.3 Å². The zero-order valence-electron chi connectivity index (χ0n) is 12.2. The Labute approximate surface area is 124 Å². The van der Waals surface area contributed by atoms with Gasteiger partial charge < -0.3 is 10.3 Å². The molecule has 0 fully saturated rings. The van der Waals surface area contributed by atoms with Gasteiger partial charge in [-0.1, -0.05) is 18.2 Å². The second-order valence-corrected chi connectivity index (χ2v) is 5.20. The van der Waals surface area contributed by atoms with Crippen molar-refractivity contribution in [3.05, 3.63) is 60.2 Å². The van der Waals surface area contributed by atoms with Crippen LogP contribution in [0.5, 0.6) is 0 Å². The van der Waals surface area contributed by atoms with E-state index in [-0.39, 0.29) is 5.92 Å². The van der Waals surface area contributed by atoms with Crippen LogP contribution in [-0.4, -0.2) is 21.1 Å². The SMILES string of the molecule is CCn1c(C(CN)Cc2cccnc2)nc2ccccc21. The number of nitrogens with zero attached hydrogens (tertiary/aromatic N) is 3. The number of para-hydroxylation sites is 2. The van der Waals surface area contributed by atoms with Gasteiger partial charge in [0.15, 0.2) is 0 Å². The van der Waals surface area contributed by atoms with Crippen molar-refractivity contribution in [2.45, 2.75) is 25.8 Å². The van der Waals surface area contributed by atoms with Gasteiger partial charge in [0.1, 0.15) is 5.82 Å². The molecular weight excluding hydrogens is 260 g/mol. The summed E-state index contributed by atoms with van der Waals surface area (Å²) in [6, 6.07) is 12.3. The molecule has 0 amide bonds. The number of fused-ring (bicyclic) bond motifs is 1. The zero-order valence-corrected chi connectivity index (χ0v) is 12.2. The van der Waals surface area contributed by atoms with Crippen LogP contribution in [0.15, 0.2) is 48.8 Å². The molecule has 1 atom stereocenters. The molecule has 0 bridgehead atoms. The number of aryl methyl sites for hydroxylation is 1. The van der Waals surface area contributed by atoms with Crippen LogP contribution in [0.4, 0.5) is 0 Å². The highest BCUT2D eigenvalue weighted by Crippen LogP contribution is 2.24. The molecule has 4 heteroatoms. The number of rotatable bonds is 5. The lowest BCUT2D eigenvalue weighted by Gasteiger charge is -2.16. The third-order valence-corrected chi connectivity index (χ3v) is 3.85. The van der Waals surface area contributed by atoms with Crippen LogP contribution in [0.25, 0.3) is 11.0 Å². The summed E-state index contributed by atoms with van der Waals surface area (Å²) in [5, 5.41) is 0. The molecule has 2 heterocycles. The first-order chi connectivity index (χ1) is 10.3. The lowest BCUT2D eigenvalue weighted by Crippen LogP contribution is -2.19. The predicted molar refractivity (Wildman–Crippen MR) is 85.1 cm³/mol. The lowest BCUT2D eigenvalue weighted by atomic mass is 10.00. The van der Waals surface area contributed by atoms with Crippen LogP contribution in [0.3, 0.4) is 0 Å². The number of hydrogen-bond acceptors (Lipinski definition) is 3. The molecule has 0 aliphatic carbocycles. The molecule has 2 N–H and O–H groups in total. The maximum Gasteiger partial charge on any atom is 0.114 e. The lowest BCUT2D eigenvalue weighted by molar-refractivity contribution is 0.597. The molecule has 3 aromatic rings. The first-order valence-corrected chi connectivity index (χ1v) is 7.37. The van der Waals surface area contributed by atoms with E-state index < -0.39 is 0 Å². The largest absolute Gasteiger partial charge is 0.330 e. The molecule has 0 spiro atoms. The second-order valence-electron chi connectivity index (χ2n) is 5.20. The van der Waals surface area contributed by atoms with Gasteiger partial charge in [0, 0.05) is 31.4 Å². The highest BCUT2D eigenvalue weighted by atomic mass is 15.1. The van der Waals surface area contributed by atoms with Crippen molar-refractivity contribution < 1.29 is 0 Å². The van der Waals surface area contributed by atoms with Crippen molar-refractivity contribution in [3.63, 3.8) is 0 Å². The minimum absolute atomic E-state index is 0.210. The molecule has 0 aliphatic rings. The fourth-order valence-corrected chi connectivity index (χ4v) is 2.82. The van der Waals surface area contributed by atoms with Gasteiger partial charge in [0.25, 0.3) is 0 Å². The number of benzene rings is 1. The van der Waals surface area contributed by atoms with Crippen molar-refractivity contribution in [1.29, 1.82) is 0 Å². The Balaban J connectivity index is 2.00. The van der Waals surface area contributed by atoms with Gasteiger partial charge in [-0.25, -0.2) is 4.98 Å². The van der Waals surface area contributed by atoms with E-state index >= 15 is 0 Å². The smallest absolute Gasteiger partial charge is 0.114 e. The maximum absolute atomic E-state index is 6.02. The van der Waals surface area contributed by atoms with E-state index in [0.29, 0.717) is 6.54 Å². The van der Waals surface area contributed by atoms with Crippen molar-refractivity contribution in [3.8, 4) is 0 Å². The van der Waals surface area contributed by atoms with Crippen molar-refractivity contribution in [2.24, 2.45) is 5.73 Å². The van der Waals surface area contributed by atoms with E-state index in [0.717, 1.165) is 24.3 Å². The fourth-order valence-electron chi connectivity index (χ4n) is 2.82. The molecule has 0 saturated heterocycles. The number of nitrogens with two attached hydrogens (primary N) is 1. The number of aromatic nitrogens is 3.